The van der Waals surface area contributed by atoms with Crippen LogP contribution in [0.25, 0.3) is 0 Å². The molecule has 0 unspecified atom stereocenters. The zero-order chi connectivity index (χ0) is 14.4. The van der Waals surface area contributed by atoms with Crippen molar-refractivity contribution in [1.82, 2.24) is 10.3 Å². The Kier molecular flexibility index (Phi) is 5.49. The maximum absolute atomic E-state index is 13.0. The molecule has 3 nitrogen and oxygen atoms in total. The molecule has 0 spiro atoms. The smallest absolute Gasteiger partial charge is 0.219 e. The molecule has 2 rings (SSSR count). The summed E-state index contributed by atoms with van der Waals surface area (Å²) in [6.45, 7) is 3.78. The zero-order valence-corrected chi connectivity index (χ0v) is 12.8. The first-order valence-corrected chi connectivity index (χ1v) is 7.28. The Morgan fingerprint density at radius 2 is 2.15 bits per heavy atom. The van der Waals surface area contributed by atoms with E-state index in [4.69, 9.17) is 4.74 Å². The molecule has 2 aromatic rings. The monoisotopic (exact) mass is 338 g/mol. The molecule has 5 heteroatoms. The molecule has 0 atom stereocenters. The summed E-state index contributed by atoms with van der Waals surface area (Å²) in [4.78, 5) is 4.40. The molecule has 1 aromatic heterocycles. The minimum atomic E-state index is -0.310. The lowest BCUT2D eigenvalue weighted by molar-refractivity contribution is 0.455. The van der Waals surface area contributed by atoms with E-state index in [0.29, 0.717) is 22.6 Å². The number of hydrogen-bond donors (Lipinski definition) is 1. The number of rotatable bonds is 6. The summed E-state index contributed by atoms with van der Waals surface area (Å²) >= 11 is 3.27. The molecular formula is C15H16BrFN2O. The number of nitrogens with zero attached hydrogens (tertiary/aromatic N) is 1. The van der Waals surface area contributed by atoms with Crippen LogP contribution < -0.4 is 10.1 Å². The molecule has 0 saturated heterocycles. The van der Waals surface area contributed by atoms with E-state index in [1.807, 2.05) is 12.1 Å². The van der Waals surface area contributed by atoms with Gasteiger partial charge in [-0.1, -0.05) is 13.0 Å². The minimum absolute atomic E-state index is 0.310. The van der Waals surface area contributed by atoms with Gasteiger partial charge in [-0.15, -0.1) is 0 Å². The maximum atomic E-state index is 13.0. The maximum Gasteiger partial charge on any atom is 0.219 e. The quantitative estimate of drug-likeness (QED) is 0.798. The van der Waals surface area contributed by atoms with Crippen LogP contribution in [0.5, 0.6) is 11.6 Å². The molecule has 0 bridgehead atoms. The molecule has 0 radical (unpaired) electrons. The fourth-order valence-electron chi connectivity index (χ4n) is 1.68. The summed E-state index contributed by atoms with van der Waals surface area (Å²) < 4.78 is 19.2. The Morgan fingerprint density at radius 1 is 1.30 bits per heavy atom. The predicted octanol–water partition coefficient (Wildman–Crippen LogP) is 4.28. The van der Waals surface area contributed by atoms with Crippen molar-refractivity contribution in [2.75, 3.05) is 6.54 Å². The SMILES string of the molecule is CCCNCc1cccc(Oc2ccc(F)cc2Br)n1. The van der Waals surface area contributed by atoms with Gasteiger partial charge in [0.1, 0.15) is 11.6 Å². The Morgan fingerprint density at radius 3 is 2.90 bits per heavy atom. The van der Waals surface area contributed by atoms with E-state index in [9.17, 15) is 4.39 Å². The highest BCUT2D eigenvalue weighted by Crippen LogP contribution is 2.29. The third-order valence-electron chi connectivity index (χ3n) is 2.62. The molecule has 1 N–H and O–H groups in total. The van der Waals surface area contributed by atoms with Crippen molar-refractivity contribution in [1.29, 1.82) is 0 Å². The fourth-order valence-corrected chi connectivity index (χ4v) is 2.11. The molecule has 1 heterocycles. The van der Waals surface area contributed by atoms with Gasteiger partial charge in [-0.2, -0.15) is 0 Å². The molecular weight excluding hydrogens is 323 g/mol. The molecule has 0 aliphatic carbocycles. The van der Waals surface area contributed by atoms with Gasteiger partial charge in [-0.25, -0.2) is 9.37 Å². The van der Waals surface area contributed by atoms with Gasteiger partial charge in [-0.3, -0.25) is 0 Å². The number of pyridine rings is 1. The van der Waals surface area contributed by atoms with Crippen molar-refractivity contribution in [3.8, 4) is 11.6 Å². The highest BCUT2D eigenvalue weighted by atomic mass is 79.9. The number of halogens is 2. The van der Waals surface area contributed by atoms with E-state index in [0.717, 1.165) is 18.7 Å². The first-order valence-electron chi connectivity index (χ1n) is 6.48. The van der Waals surface area contributed by atoms with Gasteiger partial charge in [-0.05, 0) is 53.2 Å². The lowest BCUT2D eigenvalue weighted by Gasteiger charge is -2.08. The first-order chi connectivity index (χ1) is 9.69. The number of hydrogen-bond acceptors (Lipinski definition) is 3. The lowest BCUT2D eigenvalue weighted by atomic mass is 10.3. The standard InChI is InChI=1S/C15H16BrFN2O/c1-2-8-18-10-12-4-3-5-15(19-12)20-14-7-6-11(17)9-13(14)16/h3-7,9,18H,2,8,10H2,1H3. The topological polar surface area (TPSA) is 34.1 Å². The summed E-state index contributed by atoms with van der Waals surface area (Å²) in [7, 11) is 0. The van der Waals surface area contributed by atoms with Crippen LogP contribution in [0.3, 0.4) is 0 Å². The largest absolute Gasteiger partial charge is 0.438 e. The van der Waals surface area contributed by atoms with Crippen molar-refractivity contribution < 1.29 is 9.13 Å². The van der Waals surface area contributed by atoms with Crippen LogP contribution in [0.4, 0.5) is 4.39 Å². The van der Waals surface area contributed by atoms with Crippen LogP contribution in [0.2, 0.25) is 0 Å². The summed E-state index contributed by atoms with van der Waals surface area (Å²) in [6.07, 6.45) is 1.08. The van der Waals surface area contributed by atoms with Gasteiger partial charge in [0.05, 0.1) is 10.2 Å². The average molecular weight is 339 g/mol. The van der Waals surface area contributed by atoms with Gasteiger partial charge < -0.3 is 10.1 Å². The average Bonchev–Trinajstić information content (AvgIpc) is 2.43. The van der Waals surface area contributed by atoms with E-state index in [1.165, 1.54) is 12.1 Å². The number of ether oxygens (including phenoxy) is 1. The molecule has 0 aliphatic heterocycles. The summed E-state index contributed by atoms with van der Waals surface area (Å²) in [5.41, 5.74) is 0.911. The molecule has 0 fully saturated rings. The summed E-state index contributed by atoms with van der Waals surface area (Å²) in [5.74, 6) is 0.723. The van der Waals surface area contributed by atoms with Crippen molar-refractivity contribution >= 4 is 15.9 Å². The van der Waals surface area contributed by atoms with E-state index < -0.39 is 0 Å². The van der Waals surface area contributed by atoms with E-state index >= 15 is 0 Å². The van der Waals surface area contributed by atoms with Crippen molar-refractivity contribution in [2.45, 2.75) is 19.9 Å². The van der Waals surface area contributed by atoms with Crippen LogP contribution in [-0.4, -0.2) is 11.5 Å². The molecule has 0 saturated carbocycles. The third-order valence-corrected chi connectivity index (χ3v) is 3.24. The van der Waals surface area contributed by atoms with Gasteiger partial charge in [0.15, 0.2) is 0 Å². The van der Waals surface area contributed by atoms with E-state index in [2.05, 4.69) is 33.2 Å². The number of aromatic nitrogens is 1. The van der Waals surface area contributed by atoms with Crippen LogP contribution in [0.15, 0.2) is 40.9 Å². The second-order valence-corrected chi connectivity index (χ2v) is 5.18. The van der Waals surface area contributed by atoms with Gasteiger partial charge in [0.2, 0.25) is 5.88 Å². The van der Waals surface area contributed by atoms with Gasteiger partial charge in [0, 0.05) is 12.6 Å². The Labute approximate surface area is 126 Å². The zero-order valence-electron chi connectivity index (χ0n) is 11.2. The fraction of sp³-hybridized carbons (Fsp3) is 0.267. The highest BCUT2D eigenvalue weighted by molar-refractivity contribution is 9.10. The number of benzene rings is 1. The van der Waals surface area contributed by atoms with Crippen LogP contribution >= 0.6 is 15.9 Å². The second kappa shape index (κ2) is 7.36. The highest BCUT2D eigenvalue weighted by Gasteiger charge is 2.05. The summed E-state index contributed by atoms with van der Waals surface area (Å²) in [5, 5.41) is 3.28. The summed E-state index contributed by atoms with van der Waals surface area (Å²) in [6, 6.07) is 9.90. The van der Waals surface area contributed by atoms with Crippen molar-refractivity contribution in [3.05, 3.63) is 52.4 Å². The van der Waals surface area contributed by atoms with E-state index in [1.54, 1.807) is 12.1 Å². The van der Waals surface area contributed by atoms with Crippen molar-refractivity contribution in [3.63, 3.8) is 0 Å². The molecule has 106 valence electrons. The molecule has 20 heavy (non-hydrogen) atoms. The normalized spacial score (nSPS) is 10.6. The van der Waals surface area contributed by atoms with Crippen LogP contribution in [0, 0.1) is 5.82 Å². The molecule has 0 aliphatic rings. The van der Waals surface area contributed by atoms with Crippen LogP contribution in [0.1, 0.15) is 19.0 Å². The minimum Gasteiger partial charge on any atom is -0.438 e. The van der Waals surface area contributed by atoms with Crippen LogP contribution in [-0.2, 0) is 6.54 Å². The third kappa shape index (κ3) is 4.28. The Bertz CT molecular complexity index is 578. The lowest BCUT2D eigenvalue weighted by Crippen LogP contribution is -2.14. The number of nitrogens with one attached hydrogen (secondary N) is 1. The Hall–Kier alpha value is -1.46. The van der Waals surface area contributed by atoms with Crippen molar-refractivity contribution in [2.24, 2.45) is 0 Å². The first kappa shape index (κ1) is 14.9. The second-order valence-electron chi connectivity index (χ2n) is 4.32. The van der Waals surface area contributed by atoms with Gasteiger partial charge in [0.25, 0.3) is 0 Å². The predicted molar refractivity (Wildman–Crippen MR) is 80.4 cm³/mol. The van der Waals surface area contributed by atoms with E-state index in [-0.39, 0.29) is 5.82 Å². The molecule has 1 aromatic carbocycles. The van der Waals surface area contributed by atoms with Gasteiger partial charge >= 0.3 is 0 Å². The Balaban J connectivity index is 2.07. The molecule has 0 amide bonds.